The third-order valence-corrected chi connectivity index (χ3v) is 4.41. The number of rotatable bonds is 5. The van der Waals surface area contributed by atoms with Gasteiger partial charge in [0, 0.05) is 12.6 Å². The molecule has 1 heterocycles. The van der Waals surface area contributed by atoms with Gasteiger partial charge in [0.1, 0.15) is 6.10 Å². The third-order valence-electron chi connectivity index (χ3n) is 4.41. The van der Waals surface area contributed by atoms with Crippen molar-refractivity contribution >= 4 is 5.91 Å². The lowest BCUT2D eigenvalue weighted by Gasteiger charge is -2.36. The van der Waals surface area contributed by atoms with Gasteiger partial charge in [-0.1, -0.05) is 19.3 Å². The molecule has 2 fully saturated rings. The Morgan fingerprint density at radius 2 is 1.95 bits per heavy atom. The lowest BCUT2D eigenvalue weighted by Crippen LogP contribution is -2.47. The number of carbonyl (C=O) groups is 1. The Hall–Kier alpha value is -0.610. The lowest BCUT2D eigenvalue weighted by atomic mass is 9.93. The van der Waals surface area contributed by atoms with Crippen LogP contribution in [0.4, 0.5) is 0 Å². The Balaban J connectivity index is 1.96. The van der Waals surface area contributed by atoms with Gasteiger partial charge in [-0.25, -0.2) is 0 Å². The van der Waals surface area contributed by atoms with Gasteiger partial charge in [-0.3, -0.25) is 4.79 Å². The Morgan fingerprint density at radius 1 is 1.21 bits per heavy atom. The van der Waals surface area contributed by atoms with E-state index >= 15 is 0 Å². The van der Waals surface area contributed by atoms with E-state index in [1.807, 2.05) is 0 Å². The molecule has 4 heteroatoms. The number of hydrogen-bond acceptors (Lipinski definition) is 3. The van der Waals surface area contributed by atoms with E-state index in [-0.39, 0.29) is 18.1 Å². The predicted molar refractivity (Wildman–Crippen MR) is 75.8 cm³/mol. The van der Waals surface area contributed by atoms with E-state index in [1.54, 1.807) is 0 Å². The van der Waals surface area contributed by atoms with Crippen molar-refractivity contribution in [3.8, 4) is 0 Å². The molecule has 0 aromatic rings. The first-order valence-corrected chi connectivity index (χ1v) is 7.88. The van der Waals surface area contributed by atoms with Crippen molar-refractivity contribution in [2.45, 2.75) is 76.5 Å². The minimum atomic E-state index is -0.199. The summed E-state index contributed by atoms with van der Waals surface area (Å²) < 4.78 is 5.75. The van der Waals surface area contributed by atoms with Gasteiger partial charge in [0.25, 0.3) is 5.91 Å². The minimum absolute atomic E-state index is 0.199. The number of carbonyl (C=O) groups excluding carboxylic acids is 1. The van der Waals surface area contributed by atoms with Crippen molar-refractivity contribution in [3.63, 3.8) is 0 Å². The van der Waals surface area contributed by atoms with Crippen LogP contribution in [0.1, 0.15) is 58.3 Å². The van der Waals surface area contributed by atoms with Crippen LogP contribution >= 0.6 is 0 Å². The topological polar surface area (TPSA) is 55.6 Å². The molecule has 2 rings (SSSR count). The fourth-order valence-electron chi connectivity index (χ4n) is 3.30. The van der Waals surface area contributed by atoms with Gasteiger partial charge in [0.2, 0.25) is 0 Å². The SMILES string of the molecule is CC1CCC(C(=O)N(CCCN)C2CCCCC2)O1. The molecule has 1 aliphatic heterocycles. The molecule has 2 atom stereocenters. The summed E-state index contributed by atoms with van der Waals surface area (Å²) in [5.41, 5.74) is 5.61. The van der Waals surface area contributed by atoms with Crippen molar-refractivity contribution in [3.05, 3.63) is 0 Å². The highest BCUT2D eigenvalue weighted by molar-refractivity contribution is 5.81. The molecule has 19 heavy (non-hydrogen) atoms. The van der Waals surface area contributed by atoms with Gasteiger partial charge in [0.05, 0.1) is 6.10 Å². The second kappa shape index (κ2) is 7.25. The first kappa shape index (κ1) is 14.8. The fraction of sp³-hybridized carbons (Fsp3) is 0.933. The Bertz CT molecular complexity index is 290. The Labute approximate surface area is 116 Å². The first-order valence-electron chi connectivity index (χ1n) is 7.88. The molecule has 1 saturated carbocycles. The summed E-state index contributed by atoms with van der Waals surface area (Å²) in [6.07, 6.45) is 8.93. The average molecular weight is 268 g/mol. The van der Waals surface area contributed by atoms with E-state index in [2.05, 4.69) is 11.8 Å². The second-order valence-corrected chi connectivity index (χ2v) is 5.98. The van der Waals surface area contributed by atoms with Gasteiger partial charge >= 0.3 is 0 Å². The zero-order valence-electron chi connectivity index (χ0n) is 12.1. The average Bonchev–Trinajstić information content (AvgIpc) is 2.87. The van der Waals surface area contributed by atoms with Crippen LogP contribution in [0.2, 0.25) is 0 Å². The summed E-state index contributed by atoms with van der Waals surface area (Å²) in [6, 6.07) is 0.423. The summed E-state index contributed by atoms with van der Waals surface area (Å²) >= 11 is 0. The van der Waals surface area contributed by atoms with Crippen molar-refractivity contribution in [1.82, 2.24) is 4.90 Å². The zero-order chi connectivity index (χ0) is 13.7. The number of hydrogen-bond donors (Lipinski definition) is 1. The quantitative estimate of drug-likeness (QED) is 0.830. The molecule has 1 aliphatic carbocycles. The molecular formula is C15H28N2O2. The Kier molecular flexibility index (Phi) is 5.64. The molecule has 0 aromatic heterocycles. The van der Waals surface area contributed by atoms with E-state index in [0.717, 1.165) is 38.6 Å². The first-order chi connectivity index (χ1) is 9.22. The Morgan fingerprint density at radius 3 is 2.53 bits per heavy atom. The van der Waals surface area contributed by atoms with E-state index in [1.165, 1.54) is 19.3 Å². The maximum atomic E-state index is 12.7. The molecule has 4 nitrogen and oxygen atoms in total. The van der Waals surface area contributed by atoms with Gasteiger partial charge in [-0.2, -0.15) is 0 Å². The van der Waals surface area contributed by atoms with E-state index in [0.29, 0.717) is 12.6 Å². The summed E-state index contributed by atoms with van der Waals surface area (Å²) in [4.78, 5) is 14.7. The van der Waals surface area contributed by atoms with Gasteiger partial charge in [-0.15, -0.1) is 0 Å². The van der Waals surface area contributed by atoms with Gasteiger partial charge < -0.3 is 15.4 Å². The summed E-state index contributed by atoms with van der Waals surface area (Å²) in [6.45, 7) is 3.50. The van der Waals surface area contributed by atoms with Crippen molar-refractivity contribution in [1.29, 1.82) is 0 Å². The van der Waals surface area contributed by atoms with Crippen molar-refractivity contribution in [2.24, 2.45) is 5.73 Å². The minimum Gasteiger partial charge on any atom is -0.365 e. The smallest absolute Gasteiger partial charge is 0.251 e. The fourth-order valence-corrected chi connectivity index (χ4v) is 3.30. The molecule has 0 spiro atoms. The van der Waals surface area contributed by atoms with Crippen LogP contribution in [0, 0.1) is 0 Å². The standard InChI is InChI=1S/C15H28N2O2/c1-12-8-9-14(19-12)15(18)17(11-5-10-16)13-6-3-2-4-7-13/h12-14H,2-11,16H2,1H3. The molecule has 1 saturated heterocycles. The molecule has 0 aromatic carbocycles. The van der Waals surface area contributed by atoms with Crippen LogP contribution in [0.15, 0.2) is 0 Å². The van der Waals surface area contributed by atoms with Crippen LogP contribution < -0.4 is 5.73 Å². The maximum Gasteiger partial charge on any atom is 0.251 e. The number of nitrogens with zero attached hydrogens (tertiary/aromatic N) is 1. The van der Waals surface area contributed by atoms with E-state index in [4.69, 9.17) is 10.5 Å². The van der Waals surface area contributed by atoms with Crippen LogP contribution in [0.3, 0.4) is 0 Å². The monoisotopic (exact) mass is 268 g/mol. The van der Waals surface area contributed by atoms with Crippen LogP contribution in [-0.2, 0) is 9.53 Å². The molecule has 110 valence electrons. The molecule has 0 bridgehead atoms. The highest BCUT2D eigenvalue weighted by Gasteiger charge is 2.34. The van der Waals surface area contributed by atoms with E-state index in [9.17, 15) is 4.79 Å². The molecular weight excluding hydrogens is 240 g/mol. The number of amides is 1. The normalized spacial score (nSPS) is 28.5. The van der Waals surface area contributed by atoms with E-state index < -0.39 is 0 Å². The zero-order valence-corrected chi connectivity index (χ0v) is 12.1. The lowest BCUT2D eigenvalue weighted by molar-refractivity contribution is -0.145. The van der Waals surface area contributed by atoms with Gasteiger partial charge in [-0.05, 0) is 45.6 Å². The van der Waals surface area contributed by atoms with Crippen molar-refractivity contribution < 1.29 is 9.53 Å². The molecule has 1 amide bonds. The summed E-state index contributed by atoms with van der Waals surface area (Å²) in [5, 5.41) is 0. The third kappa shape index (κ3) is 3.93. The largest absolute Gasteiger partial charge is 0.365 e. The molecule has 2 N–H and O–H groups in total. The van der Waals surface area contributed by atoms with Crippen LogP contribution in [-0.4, -0.2) is 42.1 Å². The summed E-state index contributed by atoms with van der Waals surface area (Å²) in [7, 11) is 0. The summed E-state index contributed by atoms with van der Waals surface area (Å²) in [5.74, 6) is 0.213. The predicted octanol–water partition coefficient (Wildman–Crippen LogP) is 2.06. The molecule has 2 aliphatic rings. The molecule has 2 unspecified atom stereocenters. The second-order valence-electron chi connectivity index (χ2n) is 5.98. The van der Waals surface area contributed by atoms with Crippen molar-refractivity contribution in [2.75, 3.05) is 13.1 Å². The molecule has 0 radical (unpaired) electrons. The highest BCUT2D eigenvalue weighted by Crippen LogP contribution is 2.27. The number of ether oxygens (including phenoxy) is 1. The van der Waals surface area contributed by atoms with Gasteiger partial charge in [0.15, 0.2) is 0 Å². The number of nitrogens with two attached hydrogens (primary N) is 1. The maximum absolute atomic E-state index is 12.7. The van der Waals surface area contributed by atoms with Crippen LogP contribution in [0.5, 0.6) is 0 Å². The highest BCUT2D eigenvalue weighted by atomic mass is 16.5. The van der Waals surface area contributed by atoms with Crippen LogP contribution in [0.25, 0.3) is 0 Å².